The van der Waals surface area contributed by atoms with E-state index in [0.29, 0.717) is 16.7 Å². The SMILES string of the molecule is O=C(N/N=C\c1ccc(OC(=O)c2ccccc2)cc1OC(=O)c1ccccc1)c1ccc([N+](=O)[O-])cc1. The summed E-state index contributed by atoms with van der Waals surface area (Å²) in [7, 11) is 0. The molecule has 0 bridgehead atoms. The van der Waals surface area contributed by atoms with Gasteiger partial charge in [0.15, 0.2) is 0 Å². The number of rotatable bonds is 8. The average molecular weight is 509 g/mol. The maximum Gasteiger partial charge on any atom is 0.343 e. The van der Waals surface area contributed by atoms with Crippen LogP contribution in [0.3, 0.4) is 0 Å². The zero-order valence-electron chi connectivity index (χ0n) is 19.6. The Kier molecular flexibility index (Phi) is 7.95. The molecule has 10 heteroatoms. The lowest BCUT2D eigenvalue weighted by Crippen LogP contribution is -2.17. The number of nitro groups is 1. The third-order valence-corrected chi connectivity index (χ3v) is 5.13. The number of esters is 2. The second-order valence-electron chi connectivity index (χ2n) is 7.71. The minimum atomic E-state index is -0.651. The number of ether oxygens (including phenoxy) is 2. The third kappa shape index (κ3) is 6.52. The van der Waals surface area contributed by atoms with Crippen molar-refractivity contribution in [2.75, 3.05) is 0 Å². The van der Waals surface area contributed by atoms with Crippen LogP contribution < -0.4 is 14.9 Å². The van der Waals surface area contributed by atoms with Crippen LogP contribution >= 0.6 is 0 Å². The maximum absolute atomic E-state index is 12.7. The summed E-state index contributed by atoms with van der Waals surface area (Å²) < 4.78 is 11.0. The second kappa shape index (κ2) is 11.9. The molecule has 4 rings (SSSR count). The van der Waals surface area contributed by atoms with Crippen molar-refractivity contribution in [2.45, 2.75) is 0 Å². The molecule has 0 aliphatic rings. The molecule has 4 aromatic rings. The number of nitro benzene ring substituents is 1. The van der Waals surface area contributed by atoms with E-state index in [2.05, 4.69) is 10.5 Å². The van der Waals surface area contributed by atoms with Crippen molar-refractivity contribution in [3.05, 3.63) is 135 Å². The number of hydrogen-bond acceptors (Lipinski definition) is 8. The van der Waals surface area contributed by atoms with Gasteiger partial charge in [-0.15, -0.1) is 0 Å². The number of nitrogens with zero attached hydrogens (tertiary/aromatic N) is 2. The lowest BCUT2D eigenvalue weighted by Gasteiger charge is -2.10. The molecule has 188 valence electrons. The molecule has 1 amide bonds. The van der Waals surface area contributed by atoms with Gasteiger partial charge in [-0.25, -0.2) is 15.0 Å². The van der Waals surface area contributed by atoms with E-state index in [1.54, 1.807) is 60.7 Å². The summed E-state index contributed by atoms with van der Waals surface area (Å²) in [5.74, 6) is -1.69. The zero-order valence-corrected chi connectivity index (χ0v) is 19.6. The van der Waals surface area contributed by atoms with Crippen molar-refractivity contribution in [1.82, 2.24) is 5.43 Å². The van der Waals surface area contributed by atoms with E-state index in [1.807, 2.05) is 0 Å². The van der Waals surface area contributed by atoms with Crippen LogP contribution in [-0.4, -0.2) is 29.0 Å². The van der Waals surface area contributed by atoms with E-state index in [0.717, 1.165) is 0 Å². The quantitative estimate of drug-likeness (QED) is 0.118. The van der Waals surface area contributed by atoms with Crippen LogP contribution in [0.1, 0.15) is 36.6 Å². The third-order valence-electron chi connectivity index (χ3n) is 5.13. The van der Waals surface area contributed by atoms with Crippen molar-refractivity contribution < 1.29 is 28.8 Å². The summed E-state index contributed by atoms with van der Waals surface area (Å²) in [6.45, 7) is 0. The van der Waals surface area contributed by atoms with Crippen LogP contribution in [0.2, 0.25) is 0 Å². The van der Waals surface area contributed by atoms with Gasteiger partial charge in [0.2, 0.25) is 0 Å². The fraction of sp³-hybridized carbons (Fsp3) is 0. The Morgan fingerprint density at radius 2 is 1.32 bits per heavy atom. The van der Waals surface area contributed by atoms with Crippen LogP contribution in [0.25, 0.3) is 0 Å². The summed E-state index contributed by atoms with van der Waals surface area (Å²) in [5, 5.41) is 14.7. The Labute approximate surface area is 216 Å². The van der Waals surface area contributed by atoms with Gasteiger partial charge in [-0.05, 0) is 48.5 Å². The van der Waals surface area contributed by atoms with Crippen LogP contribution in [0.4, 0.5) is 5.69 Å². The topological polar surface area (TPSA) is 137 Å². The summed E-state index contributed by atoms with van der Waals surface area (Å²) in [6.07, 6.45) is 1.25. The van der Waals surface area contributed by atoms with Gasteiger partial charge in [-0.3, -0.25) is 14.9 Å². The first-order valence-electron chi connectivity index (χ1n) is 11.2. The lowest BCUT2D eigenvalue weighted by molar-refractivity contribution is -0.384. The van der Waals surface area contributed by atoms with Gasteiger partial charge >= 0.3 is 11.9 Å². The number of non-ortho nitro benzene ring substituents is 1. The number of hydrogen-bond donors (Lipinski definition) is 1. The largest absolute Gasteiger partial charge is 0.423 e. The average Bonchev–Trinajstić information content (AvgIpc) is 2.95. The van der Waals surface area contributed by atoms with Gasteiger partial charge in [0.05, 0.1) is 22.3 Å². The van der Waals surface area contributed by atoms with Crippen molar-refractivity contribution >= 4 is 29.7 Å². The number of benzene rings is 4. The van der Waals surface area contributed by atoms with Gasteiger partial charge in [0.1, 0.15) is 11.5 Å². The minimum absolute atomic E-state index is 0.0329. The molecule has 1 N–H and O–H groups in total. The Bertz CT molecular complexity index is 1500. The molecule has 0 unspecified atom stereocenters. The molecule has 0 radical (unpaired) electrons. The van der Waals surface area contributed by atoms with Crippen LogP contribution in [-0.2, 0) is 0 Å². The molecule has 0 heterocycles. The van der Waals surface area contributed by atoms with Crippen molar-refractivity contribution in [2.24, 2.45) is 5.10 Å². The molecule has 0 atom stereocenters. The molecule has 0 saturated heterocycles. The number of amides is 1. The van der Waals surface area contributed by atoms with Gasteiger partial charge < -0.3 is 9.47 Å². The van der Waals surface area contributed by atoms with Crippen LogP contribution in [0.15, 0.2) is 108 Å². The normalized spacial score (nSPS) is 10.5. The highest BCUT2D eigenvalue weighted by molar-refractivity contribution is 5.96. The van der Waals surface area contributed by atoms with E-state index in [1.165, 1.54) is 48.7 Å². The standard InChI is InChI=1S/C28H19N3O7/c32-26(19-11-14-23(15-12-19)31(35)36)30-29-18-22-13-16-24(37-27(33)20-7-3-1-4-8-20)17-25(22)38-28(34)21-9-5-2-6-10-21/h1-18H,(H,30,32)/b29-18-. The predicted octanol–water partition coefficient (Wildman–Crippen LogP) is 4.80. The molecule has 0 spiro atoms. The monoisotopic (exact) mass is 509 g/mol. The van der Waals surface area contributed by atoms with E-state index < -0.39 is 22.8 Å². The summed E-state index contributed by atoms with van der Waals surface area (Å²) in [4.78, 5) is 47.7. The Hall–Kier alpha value is -5.64. The van der Waals surface area contributed by atoms with E-state index in [4.69, 9.17) is 9.47 Å². The molecular formula is C28H19N3O7. The summed E-state index contributed by atoms with van der Waals surface area (Å²) in [6, 6.07) is 26.0. The highest BCUT2D eigenvalue weighted by atomic mass is 16.6. The first-order chi connectivity index (χ1) is 18.4. The Morgan fingerprint density at radius 1 is 0.737 bits per heavy atom. The molecule has 0 saturated carbocycles. The Balaban J connectivity index is 1.54. The van der Waals surface area contributed by atoms with Crippen LogP contribution in [0, 0.1) is 10.1 Å². The van der Waals surface area contributed by atoms with E-state index >= 15 is 0 Å². The second-order valence-corrected chi connectivity index (χ2v) is 7.71. The first kappa shape index (κ1) is 25.5. The minimum Gasteiger partial charge on any atom is -0.423 e. The van der Waals surface area contributed by atoms with Crippen molar-refractivity contribution in [1.29, 1.82) is 0 Å². The summed E-state index contributed by atoms with van der Waals surface area (Å²) >= 11 is 0. The molecule has 38 heavy (non-hydrogen) atoms. The van der Waals surface area contributed by atoms with E-state index in [9.17, 15) is 24.5 Å². The van der Waals surface area contributed by atoms with Gasteiger partial charge in [-0.1, -0.05) is 36.4 Å². The fourth-order valence-electron chi connectivity index (χ4n) is 3.21. The number of nitrogens with one attached hydrogen (secondary N) is 1. The van der Waals surface area contributed by atoms with Crippen LogP contribution in [0.5, 0.6) is 11.5 Å². The highest BCUT2D eigenvalue weighted by Gasteiger charge is 2.15. The fourth-order valence-corrected chi connectivity index (χ4v) is 3.21. The molecule has 0 fully saturated rings. The van der Waals surface area contributed by atoms with Gasteiger partial charge in [0, 0.05) is 29.3 Å². The molecular weight excluding hydrogens is 490 g/mol. The number of carbonyl (C=O) groups excluding carboxylic acids is 3. The highest BCUT2D eigenvalue weighted by Crippen LogP contribution is 2.26. The smallest absolute Gasteiger partial charge is 0.343 e. The van der Waals surface area contributed by atoms with Crippen molar-refractivity contribution in [3.63, 3.8) is 0 Å². The lowest BCUT2D eigenvalue weighted by atomic mass is 10.2. The van der Waals surface area contributed by atoms with Gasteiger partial charge in [-0.2, -0.15) is 5.10 Å². The van der Waals surface area contributed by atoms with Crippen molar-refractivity contribution in [3.8, 4) is 11.5 Å². The predicted molar refractivity (Wildman–Crippen MR) is 137 cm³/mol. The molecule has 10 nitrogen and oxygen atoms in total. The molecule has 4 aromatic carbocycles. The molecule has 0 aliphatic heterocycles. The first-order valence-corrected chi connectivity index (χ1v) is 11.2. The summed E-state index contributed by atoms with van der Waals surface area (Å²) in [5.41, 5.74) is 3.27. The number of hydrazone groups is 1. The Morgan fingerprint density at radius 3 is 1.89 bits per heavy atom. The maximum atomic E-state index is 12.7. The van der Waals surface area contributed by atoms with E-state index in [-0.39, 0.29) is 22.7 Å². The molecule has 0 aromatic heterocycles. The van der Waals surface area contributed by atoms with Gasteiger partial charge in [0.25, 0.3) is 11.6 Å². The zero-order chi connectivity index (χ0) is 26.9. The number of carbonyl (C=O) groups is 3. The molecule has 0 aliphatic carbocycles.